The number of aromatic amines is 2. The van der Waals surface area contributed by atoms with E-state index in [2.05, 4.69) is 9.97 Å². The normalized spacial score (nSPS) is 11.9. The Balaban J connectivity index is 1.81. The van der Waals surface area contributed by atoms with Crippen LogP contribution in [0.1, 0.15) is 16.8 Å². The lowest BCUT2D eigenvalue weighted by molar-refractivity contribution is 0.627. The van der Waals surface area contributed by atoms with Crippen molar-refractivity contribution in [2.24, 2.45) is 0 Å². The molecule has 0 saturated carbocycles. The predicted molar refractivity (Wildman–Crippen MR) is 94.4 cm³/mol. The molecule has 1 aliphatic rings. The highest BCUT2D eigenvalue weighted by atomic mass is 19.1. The first-order valence-electron chi connectivity index (χ1n) is 7.96. The third-order valence-corrected chi connectivity index (χ3v) is 4.51. The van der Waals surface area contributed by atoms with Gasteiger partial charge in [-0.2, -0.15) is 0 Å². The summed E-state index contributed by atoms with van der Waals surface area (Å²) in [7, 11) is 1.89. The molecule has 4 rings (SSSR count). The number of benzene rings is 2. The monoisotopic (exact) mass is 337 g/mol. The molecule has 0 atom stereocenters. The number of H-pyrrole nitrogens is 2. The first-order valence-corrected chi connectivity index (χ1v) is 7.96. The van der Waals surface area contributed by atoms with Gasteiger partial charge in [0.05, 0.1) is 5.56 Å². The van der Waals surface area contributed by atoms with Gasteiger partial charge in [-0.3, -0.25) is 9.78 Å². The van der Waals surface area contributed by atoms with Gasteiger partial charge >= 0.3 is 5.69 Å². The number of nitrogens with zero attached hydrogens (tertiary/aromatic N) is 1. The molecule has 3 aromatic rings. The predicted octanol–water partition coefficient (Wildman–Crippen LogP) is 2.41. The highest BCUT2D eigenvalue weighted by molar-refractivity contribution is 5.80. The van der Waals surface area contributed by atoms with Crippen molar-refractivity contribution in [2.75, 3.05) is 11.9 Å². The lowest BCUT2D eigenvalue weighted by Crippen LogP contribution is -2.24. The molecule has 2 aromatic carbocycles. The molecule has 0 fully saturated rings. The van der Waals surface area contributed by atoms with Gasteiger partial charge in [0.25, 0.3) is 5.56 Å². The van der Waals surface area contributed by atoms with Gasteiger partial charge in [-0.1, -0.05) is 30.3 Å². The standard InChI is InChI=1S/C19H16FN3O2/c1-23(10-11-5-3-2-4-6-11)16-8-12(20)7-14-13(16)9-15-17(14)18(24)22-19(25)21-15/h2-8H,9-10H2,1H3,(H2,21,22,24,25). The van der Waals surface area contributed by atoms with E-state index in [1.807, 2.05) is 42.3 Å². The fourth-order valence-corrected chi connectivity index (χ4v) is 3.44. The van der Waals surface area contributed by atoms with Crippen molar-refractivity contribution in [3.05, 3.63) is 85.9 Å². The van der Waals surface area contributed by atoms with Crippen LogP contribution in [0.3, 0.4) is 0 Å². The van der Waals surface area contributed by atoms with Crippen LogP contribution in [-0.4, -0.2) is 17.0 Å². The highest BCUT2D eigenvalue weighted by Crippen LogP contribution is 2.39. The number of nitrogens with one attached hydrogen (secondary N) is 2. The molecule has 25 heavy (non-hydrogen) atoms. The zero-order valence-corrected chi connectivity index (χ0v) is 13.6. The van der Waals surface area contributed by atoms with Crippen molar-refractivity contribution < 1.29 is 4.39 Å². The zero-order valence-electron chi connectivity index (χ0n) is 13.6. The molecular weight excluding hydrogens is 321 g/mol. The van der Waals surface area contributed by atoms with Crippen LogP contribution in [0.4, 0.5) is 10.1 Å². The molecule has 0 saturated heterocycles. The highest BCUT2D eigenvalue weighted by Gasteiger charge is 2.27. The Hall–Kier alpha value is -3.15. The number of hydrogen-bond donors (Lipinski definition) is 2. The minimum atomic E-state index is -0.545. The van der Waals surface area contributed by atoms with E-state index in [-0.39, 0.29) is 0 Å². The first-order chi connectivity index (χ1) is 12.0. The number of aromatic nitrogens is 2. The summed E-state index contributed by atoms with van der Waals surface area (Å²) >= 11 is 0. The van der Waals surface area contributed by atoms with Crippen molar-refractivity contribution in [1.29, 1.82) is 0 Å². The van der Waals surface area contributed by atoms with Crippen LogP contribution in [0.2, 0.25) is 0 Å². The fourth-order valence-electron chi connectivity index (χ4n) is 3.44. The van der Waals surface area contributed by atoms with Gasteiger partial charge in [0.2, 0.25) is 0 Å². The molecule has 6 heteroatoms. The van der Waals surface area contributed by atoms with Gasteiger partial charge in [0, 0.05) is 31.4 Å². The van der Waals surface area contributed by atoms with Gasteiger partial charge in [0.1, 0.15) is 5.82 Å². The second-order valence-electron chi connectivity index (χ2n) is 6.23. The average Bonchev–Trinajstić information content (AvgIpc) is 2.93. The fraction of sp³-hybridized carbons (Fsp3) is 0.158. The summed E-state index contributed by atoms with van der Waals surface area (Å²) in [6.45, 7) is 0.611. The molecule has 2 N–H and O–H groups in total. The van der Waals surface area contributed by atoms with Crippen molar-refractivity contribution >= 4 is 5.69 Å². The molecule has 0 aliphatic heterocycles. The molecule has 126 valence electrons. The molecule has 1 aliphatic carbocycles. The molecule has 1 heterocycles. The van der Waals surface area contributed by atoms with E-state index in [1.54, 1.807) is 0 Å². The molecular formula is C19H16FN3O2. The Bertz CT molecular complexity index is 1070. The van der Waals surface area contributed by atoms with Crippen LogP contribution in [0.25, 0.3) is 11.1 Å². The van der Waals surface area contributed by atoms with Gasteiger partial charge in [0.15, 0.2) is 0 Å². The maximum atomic E-state index is 14.2. The Morgan fingerprint density at radius 1 is 1.12 bits per heavy atom. The van der Waals surface area contributed by atoms with Crippen LogP contribution < -0.4 is 16.1 Å². The minimum absolute atomic E-state index is 0.350. The van der Waals surface area contributed by atoms with Crippen molar-refractivity contribution in [2.45, 2.75) is 13.0 Å². The summed E-state index contributed by atoms with van der Waals surface area (Å²) in [5, 5.41) is 0. The molecule has 0 amide bonds. The van der Waals surface area contributed by atoms with Crippen LogP contribution in [-0.2, 0) is 13.0 Å². The third kappa shape index (κ3) is 2.65. The summed E-state index contributed by atoms with van der Waals surface area (Å²) in [6.07, 6.45) is 0.401. The molecule has 1 aromatic heterocycles. The zero-order chi connectivity index (χ0) is 17.6. The summed E-state index contributed by atoms with van der Waals surface area (Å²) in [6, 6.07) is 12.7. The SMILES string of the molecule is CN(Cc1ccccc1)c1cc(F)cc2c1Cc1[nH]c(=O)[nH]c(=O)c1-2. The summed E-state index contributed by atoms with van der Waals surface area (Å²) < 4.78 is 14.2. The largest absolute Gasteiger partial charge is 0.370 e. The van der Waals surface area contributed by atoms with Gasteiger partial charge in [-0.15, -0.1) is 0 Å². The van der Waals surface area contributed by atoms with E-state index >= 15 is 0 Å². The van der Waals surface area contributed by atoms with E-state index in [1.165, 1.54) is 12.1 Å². The van der Waals surface area contributed by atoms with Gasteiger partial charge in [-0.05, 0) is 28.8 Å². The van der Waals surface area contributed by atoms with Crippen molar-refractivity contribution in [3.63, 3.8) is 0 Å². The van der Waals surface area contributed by atoms with Crippen LogP contribution in [0.15, 0.2) is 52.1 Å². The summed E-state index contributed by atoms with van der Waals surface area (Å²) in [5.74, 6) is -0.410. The lowest BCUT2D eigenvalue weighted by atomic mass is 10.0. The lowest BCUT2D eigenvalue weighted by Gasteiger charge is -2.22. The summed E-state index contributed by atoms with van der Waals surface area (Å²) in [5.41, 5.74) is 3.06. The molecule has 0 unspecified atom stereocenters. The Kier molecular flexibility index (Phi) is 3.53. The van der Waals surface area contributed by atoms with Gasteiger partial charge < -0.3 is 9.88 Å². The molecule has 0 radical (unpaired) electrons. The van der Waals surface area contributed by atoms with Gasteiger partial charge in [-0.25, -0.2) is 9.18 Å². The van der Waals surface area contributed by atoms with Crippen LogP contribution in [0.5, 0.6) is 0 Å². The molecule has 0 spiro atoms. The second kappa shape index (κ2) is 5.73. The maximum Gasteiger partial charge on any atom is 0.325 e. The molecule has 0 bridgehead atoms. The van der Waals surface area contributed by atoms with Crippen LogP contribution >= 0.6 is 0 Å². The second-order valence-corrected chi connectivity index (χ2v) is 6.23. The first kappa shape index (κ1) is 15.4. The Morgan fingerprint density at radius 3 is 2.64 bits per heavy atom. The van der Waals surface area contributed by atoms with E-state index in [9.17, 15) is 14.0 Å². The maximum absolute atomic E-state index is 14.2. The number of rotatable bonds is 3. The number of halogens is 1. The van der Waals surface area contributed by atoms with E-state index < -0.39 is 17.1 Å². The Morgan fingerprint density at radius 2 is 1.88 bits per heavy atom. The van der Waals surface area contributed by atoms with E-state index in [0.717, 1.165) is 16.8 Å². The topological polar surface area (TPSA) is 69.0 Å². The van der Waals surface area contributed by atoms with Crippen LogP contribution in [0, 0.1) is 5.82 Å². The number of hydrogen-bond acceptors (Lipinski definition) is 3. The molecule has 5 nitrogen and oxygen atoms in total. The minimum Gasteiger partial charge on any atom is -0.370 e. The van der Waals surface area contributed by atoms with Crippen molar-refractivity contribution in [3.8, 4) is 11.1 Å². The quantitative estimate of drug-likeness (QED) is 0.603. The third-order valence-electron chi connectivity index (χ3n) is 4.51. The average molecular weight is 337 g/mol. The van der Waals surface area contributed by atoms with E-state index in [0.29, 0.717) is 29.8 Å². The Labute approximate surface area is 142 Å². The van der Waals surface area contributed by atoms with Crippen molar-refractivity contribution in [1.82, 2.24) is 9.97 Å². The smallest absolute Gasteiger partial charge is 0.325 e. The number of fused-ring (bicyclic) bond motifs is 3. The number of anilines is 1. The van der Waals surface area contributed by atoms with E-state index in [4.69, 9.17) is 0 Å². The summed E-state index contributed by atoms with van der Waals surface area (Å²) in [4.78, 5) is 30.5.